The van der Waals surface area contributed by atoms with E-state index in [1.165, 1.54) is 12.1 Å². The number of rotatable bonds is 3. The Kier molecular flexibility index (Phi) is 3.23. The molecule has 0 unspecified atom stereocenters. The van der Waals surface area contributed by atoms with Crippen LogP contribution in [0.3, 0.4) is 0 Å². The smallest absolute Gasteiger partial charge is 0.142 e. The van der Waals surface area contributed by atoms with E-state index in [4.69, 9.17) is 11.6 Å². The molecule has 64 valence electrons. The highest BCUT2D eigenvalue weighted by atomic mass is 35.5. The average molecular weight is 187 g/mol. The van der Waals surface area contributed by atoms with E-state index in [1.54, 1.807) is 6.07 Å². The zero-order valence-corrected chi connectivity index (χ0v) is 7.14. The van der Waals surface area contributed by atoms with Gasteiger partial charge in [0.2, 0.25) is 0 Å². The SMILES string of the molecule is O=CCCc1ccc(Cl)c(F)c1. The number of aldehydes is 1. The molecule has 0 bridgehead atoms. The highest BCUT2D eigenvalue weighted by molar-refractivity contribution is 6.30. The van der Waals surface area contributed by atoms with E-state index >= 15 is 0 Å². The Labute approximate surface area is 75.2 Å². The molecule has 0 saturated heterocycles. The van der Waals surface area contributed by atoms with Gasteiger partial charge < -0.3 is 4.79 Å². The van der Waals surface area contributed by atoms with Crippen molar-refractivity contribution in [2.45, 2.75) is 12.8 Å². The second kappa shape index (κ2) is 4.21. The van der Waals surface area contributed by atoms with E-state index in [9.17, 15) is 9.18 Å². The molecule has 0 aliphatic carbocycles. The molecule has 0 radical (unpaired) electrons. The van der Waals surface area contributed by atoms with Crippen LogP contribution in [0.25, 0.3) is 0 Å². The molecule has 0 atom stereocenters. The quantitative estimate of drug-likeness (QED) is 0.664. The Morgan fingerprint density at radius 2 is 2.25 bits per heavy atom. The topological polar surface area (TPSA) is 17.1 Å². The van der Waals surface area contributed by atoms with Gasteiger partial charge in [-0.3, -0.25) is 0 Å². The van der Waals surface area contributed by atoms with E-state index in [-0.39, 0.29) is 5.02 Å². The van der Waals surface area contributed by atoms with E-state index in [0.29, 0.717) is 12.8 Å². The third-order valence-corrected chi connectivity index (χ3v) is 1.84. The second-order valence-corrected chi connectivity index (χ2v) is 2.86. The van der Waals surface area contributed by atoms with Gasteiger partial charge in [-0.15, -0.1) is 0 Å². The van der Waals surface area contributed by atoms with Gasteiger partial charge in [0.1, 0.15) is 12.1 Å². The summed E-state index contributed by atoms with van der Waals surface area (Å²) in [5.74, 6) is -0.430. The summed E-state index contributed by atoms with van der Waals surface area (Å²) in [5, 5.41) is 0.116. The monoisotopic (exact) mass is 186 g/mol. The van der Waals surface area contributed by atoms with E-state index in [1.807, 2.05) is 0 Å². The van der Waals surface area contributed by atoms with E-state index in [2.05, 4.69) is 0 Å². The minimum Gasteiger partial charge on any atom is -0.303 e. The van der Waals surface area contributed by atoms with E-state index in [0.717, 1.165) is 11.8 Å². The second-order valence-electron chi connectivity index (χ2n) is 2.45. The third-order valence-electron chi connectivity index (χ3n) is 1.53. The van der Waals surface area contributed by atoms with Crippen molar-refractivity contribution < 1.29 is 9.18 Å². The van der Waals surface area contributed by atoms with Crippen molar-refractivity contribution in [3.8, 4) is 0 Å². The van der Waals surface area contributed by atoms with Crippen LogP contribution in [-0.2, 0) is 11.2 Å². The molecule has 1 nitrogen and oxygen atoms in total. The van der Waals surface area contributed by atoms with Gasteiger partial charge in [-0.2, -0.15) is 0 Å². The number of aryl methyl sites for hydroxylation is 1. The van der Waals surface area contributed by atoms with Crippen LogP contribution in [0.5, 0.6) is 0 Å². The van der Waals surface area contributed by atoms with Crippen molar-refractivity contribution >= 4 is 17.9 Å². The first-order chi connectivity index (χ1) is 5.74. The Balaban J connectivity index is 2.75. The summed E-state index contributed by atoms with van der Waals surface area (Å²) in [6.45, 7) is 0. The average Bonchev–Trinajstić information content (AvgIpc) is 2.07. The number of halogens is 2. The maximum absolute atomic E-state index is 12.8. The van der Waals surface area contributed by atoms with Gasteiger partial charge in [0.15, 0.2) is 0 Å². The first-order valence-electron chi connectivity index (χ1n) is 3.61. The zero-order chi connectivity index (χ0) is 8.97. The Hall–Kier alpha value is -0.890. The number of hydrogen-bond acceptors (Lipinski definition) is 1. The van der Waals surface area contributed by atoms with Crippen molar-refractivity contribution in [1.29, 1.82) is 0 Å². The molecular formula is C9H8ClFO. The summed E-state index contributed by atoms with van der Waals surface area (Å²) in [4.78, 5) is 10.0. The van der Waals surface area contributed by atoms with Gasteiger partial charge in [-0.05, 0) is 24.1 Å². The summed E-state index contributed by atoms with van der Waals surface area (Å²) in [6, 6.07) is 4.57. The van der Waals surface area contributed by atoms with Crippen molar-refractivity contribution in [1.82, 2.24) is 0 Å². The minimum atomic E-state index is -0.430. The number of carbonyl (C=O) groups is 1. The third kappa shape index (κ3) is 2.31. The summed E-state index contributed by atoms with van der Waals surface area (Å²) in [6.07, 6.45) is 1.80. The predicted molar refractivity (Wildman–Crippen MR) is 45.8 cm³/mol. The number of carbonyl (C=O) groups excluding carboxylic acids is 1. The van der Waals surface area contributed by atoms with Crippen LogP contribution in [-0.4, -0.2) is 6.29 Å². The van der Waals surface area contributed by atoms with Crippen LogP contribution in [0.4, 0.5) is 4.39 Å². The van der Waals surface area contributed by atoms with Crippen molar-refractivity contribution in [3.63, 3.8) is 0 Å². The maximum atomic E-state index is 12.8. The molecule has 0 amide bonds. The molecule has 0 aliphatic heterocycles. The largest absolute Gasteiger partial charge is 0.303 e. The standard InChI is InChI=1S/C9H8ClFO/c10-8-4-3-7(2-1-5-12)6-9(8)11/h3-6H,1-2H2. The summed E-state index contributed by atoms with van der Waals surface area (Å²) < 4.78 is 12.8. The fourth-order valence-electron chi connectivity index (χ4n) is 0.921. The Morgan fingerprint density at radius 3 is 2.83 bits per heavy atom. The van der Waals surface area contributed by atoms with Gasteiger partial charge in [0, 0.05) is 6.42 Å². The molecular weight excluding hydrogens is 179 g/mol. The lowest BCUT2D eigenvalue weighted by Gasteiger charge is -1.98. The summed E-state index contributed by atoms with van der Waals surface area (Å²) in [7, 11) is 0. The number of benzene rings is 1. The lowest BCUT2D eigenvalue weighted by Crippen LogP contribution is -1.87. The normalized spacial score (nSPS) is 9.83. The molecule has 12 heavy (non-hydrogen) atoms. The van der Waals surface area contributed by atoms with Crippen molar-refractivity contribution in [2.24, 2.45) is 0 Å². The summed E-state index contributed by atoms with van der Waals surface area (Å²) in [5.41, 5.74) is 0.795. The zero-order valence-electron chi connectivity index (χ0n) is 6.39. The maximum Gasteiger partial charge on any atom is 0.142 e. The van der Waals surface area contributed by atoms with Crippen LogP contribution in [0.2, 0.25) is 5.02 Å². The van der Waals surface area contributed by atoms with Gasteiger partial charge >= 0.3 is 0 Å². The molecule has 0 heterocycles. The molecule has 1 rings (SSSR count). The van der Waals surface area contributed by atoms with Gasteiger partial charge in [0.05, 0.1) is 5.02 Å². The van der Waals surface area contributed by atoms with Crippen LogP contribution < -0.4 is 0 Å². The van der Waals surface area contributed by atoms with Crippen LogP contribution in [0.15, 0.2) is 18.2 Å². The predicted octanol–water partition coefficient (Wildman–Crippen LogP) is 2.61. The number of hydrogen-bond donors (Lipinski definition) is 0. The molecule has 0 spiro atoms. The fourth-order valence-corrected chi connectivity index (χ4v) is 1.04. The van der Waals surface area contributed by atoms with Crippen LogP contribution in [0, 0.1) is 5.82 Å². The van der Waals surface area contributed by atoms with Crippen LogP contribution >= 0.6 is 11.6 Å². The molecule has 1 aromatic rings. The molecule has 1 aromatic carbocycles. The lowest BCUT2D eigenvalue weighted by molar-refractivity contribution is -0.107. The van der Waals surface area contributed by atoms with Gasteiger partial charge in [-0.25, -0.2) is 4.39 Å². The molecule has 3 heteroatoms. The summed E-state index contributed by atoms with van der Waals surface area (Å²) >= 11 is 5.47. The first kappa shape index (κ1) is 9.20. The molecule has 0 saturated carbocycles. The van der Waals surface area contributed by atoms with E-state index < -0.39 is 5.82 Å². The molecule has 0 aromatic heterocycles. The fraction of sp³-hybridized carbons (Fsp3) is 0.222. The highest BCUT2D eigenvalue weighted by Crippen LogP contribution is 2.16. The molecule has 0 N–H and O–H groups in total. The first-order valence-corrected chi connectivity index (χ1v) is 3.99. The van der Waals surface area contributed by atoms with Crippen molar-refractivity contribution in [2.75, 3.05) is 0 Å². The lowest BCUT2D eigenvalue weighted by atomic mass is 10.1. The molecule has 0 fully saturated rings. The molecule has 0 aliphatic rings. The minimum absolute atomic E-state index is 0.116. The Bertz CT molecular complexity index is 286. The van der Waals surface area contributed by atoms with Crippen LogP contribution in [0.1, 0.15) is 12.0 Å². The van der Waals surface area contributed by atoms with Gasteiger partial charge in [0.25, 0.3) is 0 Å². The van der Waals surface area contributed by atoms with Gasteiger partial charge in [-0.1, -0.05) is 17.7 Å². The highest BCUT2D eigenvalue weighted by Gasteiger charge is 1.99. The Morgan fingerprint density at radius 1 is 1.50 bits per heavy atom. The van der Waals surface area contributed by atoms with Crippen molar-refractivity contribution in [3.05, 3.63) is 34.6 Å².